The molecule has 7 nitrogen and oxygen atoms in total. The van der Waals surface area contributed by atoms with Gasteiger partial charge in [-0.25, -0.2) is 18.6 Å². The number of fused-ring (bicyclic) bond motifs is 1. The van der Waals surface area contributed by atoms with E-state index in [0.717, 1.165) is 12.1 Å². The first kappa shape index (κ1) is 17.9. The molecule has 0 atom stereocenters. The Bertz CT molecular complexity index is 1100. The molecule has 2 N–H and O–H groups in total. The average molecular weight is 385 g/mol. The van der Waals surface area contributed by atoms with Crippen LogP contribution in [0.15, 0.2) is 36.4 Å². The third kappa shape index (κ3) is 3.26. The minimum absolute atomic E-state index is 0.109. The van der Waals surface area contributed by atoms with Crippen LogP contribution in [0, 0.1) is 18.6 Å². The van der Waals surface area contributed by atoms with Crippen molar-refractivity contribution in [3.63, 3.8) is 0 Å². The van der Waals surface area contributed by atoms with Crippen molar-refractivity contribution < 1.29 is 18.4 Å². The Kier molecular flexibility index (Phi) is 4.42. The summed E-state index contributed by atoms with van der Waals surface area (Å²) < 4.78 is 28.5. The summed E-state index contributed by atoms with van der Waals surface area (Å²) in [5.74, 6) is -1.86. The molecule has 0 bridgehead atoms. The van der Waals surface area contributed by atoms with Gasteiger partial charge in [0.1, 0.15) is 12.4 Å². The lowest BCUT2D eigenvalue weighted by Gasteiger charge is -2.15. The number of carbonyl (C=O) groups is 2. The molecule has 0 unspecified atom stereocenters. The van der Waals surface area contributed by atoms with Crippen LogP contribution in [0.1, 0.15) is 5.82 Å². The maximum atomic E-state index is 13.6. The Morgan fingerprint density at radius 3 is 2.79 bits per heavy atom. The summed E-state index contributed by atoms with van der Waals surface area (Å²) in [5, 5.41) is 5.48. The maximum absolute atomic E-state index is 13.6. The van der Waals surface area contributed by atoms with Crippen LogP contribution in [0.5, 0.6) is 0 Å². The Morgan fingerprint density at radius 2 is 2.04 bits per heavy atom. The normalized spacial score (nSPS) is 13.8. The minimum Gasteiger partial charge on any atom is -0.336 e. The number of amides is 3. The number of nitrogens with zero attached hydrogens (tertiary/aromatic N) is 3. The summed E-state index contributed by atoms with van der Waals surface area (Å²) in [6, 6.07) is 8.80. The van der Waals surface area contributed by atoms with Gasteiger partial charge in [0.15, 0.2) is 11.6 Å². The highest BCUT2D eigenvalue weighted by Crippen LogP contribution is 2.22. The fourth-order valence-electron chi connectivity index (χ4n) is 3.25. The van der Waals surface area contributed by atoms with E-state index >= 15 is 0 Å². The van der Waals surface area contributed by atoms with Crippen LogP contribution in [0.2, 0.25) is 0 Å². The zero-order valence-electron chi connectivity index (χ0n) is 15.0. The van der Waals surface area contributed by atoms with Crippen LogP contribution in [-0.2, 0) is 11.3 Å². The van der Waals surface area contributed by atoms with E-state index in [0.29, 0.717) is 35.8 Å². The summed E-state index contributed by atoms with van der Waals surface area (Å²) in [5.41, 5.74) is 1.83. The van der Waals surface area contributed by atoms with E-state index < -0.39 is 11.6 Å². The Balaban J connectivity index is 1.54. The van der Waals surface area contributed by atoms with Gasteiger partial charge in [0.05, 0.1) is 11.0 Å². The Morgan fingerprint density at radius 1 is 1.25 bits per heavy atom. The van der Waals surface area contributed by atoms with Crippen molar-refractivity contribution >= 4 is 34.3 Å². The van der Waals surface area contributed by atoms with Crippen LogP contribution in [0.25, 0.3) is 11.0 Å². The number of anilines is 2. The molecule has 1 aliphatic rings. The van der Waals surface area contributed by atoms with Gasteiger partial charge in [-0.1, -0.05) is 6.07 Å². The standard InChI is InChI=1S/C19H17F2N5O2/c1-11-23-16-8-14(20)15(21)9-17(16)26(11)10-18(27)24-12-3-2-4-13(7-12)25-6-5-22-19(25)28/h2-4,7-9H,5-6,10H2,1H3,(H,22,28)(H,24,27). The molecule has 0 aliphatic carbocycles. The average Bonchev–Trinajstić information content (AvgIpc) is 3.20. The molecule has 144 valence electrons. The van der Waals surface area contributed by atoms with Crippen molar-refractivity contribution in [1.82, 2.24) is 14.9 Å². The van der Waals surface area contributed by atoms with Crippen molar-refractivity contribution in [3.05, 3.63) is 53.9 Å². The fourth-order valence-corrected chi connectivity index (χ4v) is 3.25. The SMILES string of the molecule is Cc1nc2cc(F)c(F)cc2n1CC(=O)Nc1cccc(N2CCNC2=O)c1. The van der Waals surface area contributed by atoms with E-state index in [9.17, 15) is 18.4 Å². The van der Waals surface area contributed by atoms with Gasteiger partial charge in [0.2, 0.25) is 5.91 Å². The lowest BCUT2D eigenvalue weighted by atomic mass is 10.2. The number of halogens is 2. The third-order valence-corrected chi connectivity index (χ3v) is 4.58. The molecule has 2 heterocycles. The van der Waals surface area contributed by atoms with E-state index in [1.54, 1.807) is 36.1 Å². The number of carbonyl (C=O) groups excluding carboxylic acids is 2. The van der Waals surface area contributed by atoms with Crippen molar-refractivity contribution in [3.8, 4) is 0 Å². The lowest BCUT2D eigenvalue weighted by Crippen LogP contribution is -2.27. The van der Waals surface area contributed by atoms with Gasteiger partial charge in [-0.3, -0.25) is 9.69 Å². The van der Waals surface area contributed by atoms with Gasteiger partial charge in [0, 0.05) is 36.6 Å². The highest BCUT2D eigenvalue weighted by molar-refractivity contribution is 5.96. The van der Waals surface area contributed by atoms with Gasteiger partial charge in [-0.15, -0.1) is 0 Å². The second kappa shape index (κ2) is 6.91. The predicted molar refractivity (Wildman–Crippen MR) is 100 cm³/mol. The quantitative estimate of drug-likeness (QED) is 0.725. The number of rotatable bonds is 4. The molecule has 9 heteroatoms. The second-order valence-electron chi connectivity index (χ2n) is 6.48. The van der Waals surface area contributed by atoms with E-state index in [2.05, 4.69) is 15.6 Å². The number of hydrogen-bond donors (Lipinski definition) is 2. The lowest BCUT2D eigenvalue weighted by molar-refractivity contribution is -0.116. The van der Waals surface area contributed by atoms with Gasteiger partial charge in [-0.05, 0) is 25.1 Å². The van der Waals surface area contributed by atoms with E-state index in [4.69, 9.17) is 0 Å². The molecular formula is C19H17F2N5O2. The van der Waals surface area contributed by atoms with E-state index in [-0.39, 0.29) is 24.0 Å². The summed E-state index contributed by atoms with van der Waals surface area (Å²) >= 11 is 0. The Hall–Kier alpha value is -3.49. The van der Waals surface area contributed by atoms with Crippen molar-refractivity contribution in [2.45, 2.75) is 13.5 Å². The molecule has 0 saturated carbocycles. The summed E-state index contributed by atoms with van der Waals surface area (Å²) in [6.07, 6.45) is 0. The molecule has 3 amide bonds. The fraction of sp³-hybridized carbons (Fsp3) is 0.211. The van der Waals surface area contributed by atoms with Gasteiger partial charge in [0.25, 0.3) is 0 Å². The summed E-state index contributed by atoms with van der Waals surface area (Å²) in [6.45, 7) is 2.68. The number of urea groups is 1. The highest BCUT2D eigenvalue weighted by Gasteiger charge is 2.21. The first-order valence-corrected chi connectivity index (χ1v) is 8.69. The molecule has 0 radical (unpaired) electrons. The molecule has 1 aromatic heterocycles. The predicted octanol–water partition coefficient (Wildman–Crippen LogP) is 2.79. The zero-order valence-corrected chi connectivity index (χ0v) is 15.0. The van der Waals surface area contributed by atoms with Gasteiger partial charge < -0.3 is 15.2 Å². The molecule has 3 aromatic rings. The molecule has 4 rings (SSSR count). The monoisotopic (exact) mass is 385 g/mol. The van der Waals surface area contributed by atoms with Gasteiger partial charge >= 0.3 is 6.03 Å². The van der Waals surface area contributed by atoms with Crippen molar-refractivity contribution in [2.24, 2.45) is 0 Å². The second-order valence-corrected chi connectivity index (χ2v) is 6.48. The van der Waals surface area contributed by atoms with Crippen LogP contribution in [-0.4, -0.2) is 34.6 Å². The van der Waals surface area contributed by atoms with Gasteiger partial charge in [-0.2, -0.15) is 0 Å². The molecule has 1 fully saturated rings. The number of nitrogens with one attached hydrogen (secondary N) is 2. The Labute approximate surface area is 159 Å². The molecule has 2 aromatic carbocycles. The van der Waals surface area contributed by atoms with Crippen molar-refractivity contribution in [2.75, 3.05) is 23.3 Å². The smallest absolute Gasteiger partial charge is 0.321 e. The first-order valence-electron chi connectivity index (χ1n) is 8.69. The minimum atomic E-state index is -0.995. The van der Waals surface area contributed by atoms with Crippen LogP contribution >= 0.6 is 0 Å². The molecule has 28 heavy (non-hydrogen) atoms. The molecule has 0 spiro atoms. The summed E-state index contributed by atoms with van der Waals surface area (Å²) in [7, 11) is 0. The number of aryl methyl sites for hydroxylation is 1. The topological polar surface area (TPSA) is 79.3 Å². The molecular weight excluding hydrogens is 368 g/mol. The van der Waals surface area contributed by atoms with Crippen LogP contribution in [0.3, 0.4) is 0 Å². The number of aromatic nitrogens is 2. The number of imidazole rings is 1. The van der Waals surface area contributed by atoms with E-state index in [1.807, 2.05) is 0 Å². The first-order chi connectivity index (χ1) is 13.4. The largest absolute Gasteiger partial charge is 0.336 e. The van der Waals surface area contributed by atoms with E-state index in [1.165, 1.54) is 4.57 Å². The van der Waals surface area contributed by atoms with Crippen molar-refractivity contribution in [1.29, 1.82) is 0 Å². The van der Waals surface area contributed by atoms with Crippen LogP contribution < -0.4 is 15.5 Å². The van der Waals surface area contributed by atoms with Crippen LogP contribution in [0.4, 0.5) is 25.0 Å². The maximum Gasteiger partial charge on any atom is 0.321 e. The zero-order chi connectivity index (χ0) is 19.8. The number of benzene rings is 2. The molecule has 1 saturated heterocycles. The highest BCUT2D eigenvalue weighted by atomic mass is 19.2. The molecule has 1 aliphatic heterocycles. The third-order valence-electron chi connectivity index (χ3n) is 4.58. The number of hydrogen-bond acceptors (Lipinski definition) is 3. The summed E-state index contributed by atoms with van der Waals surface area (Å²) in [4.78, 5) is 30.1.